The Kier molecular flexibility index (Phi) is 7.59. The van der Waals surface area contributed by atoms with Gasteiger partial charge in [0.1, 0.15) is 0 Å². The van der Waals surface area contributed by atoms with E-state index in [1.54, 1.807) is 0 Å². The predicted molar refractivity (Wildman–Crippen MR) is 71.1 cm³/mol. The van der Waals surface area contributed by atoms with Crippen LogP contribution in [-0.4, -0.2) is 29.1 Å². The van der Waals surface area contributed by atoms with Crippen molar-refractivity contribution in [3.8, 4) is 0 Å². The van der Waals surface area contributed by atoms with Gasteiger partial charge in [0, 0.05) is 6.04 Å². The van der Waals surface area contributed by atoms with Crippen molar-refractivity contribution >= 4 is 11.9 Å². The first-order chi connectivity index (χ1) is 8.27. The van der Waals surface area contributed by atoms with Gasteiger partial charge in [0.05, 0.1) is 12.5 Å². The summed E-state index contributed by atoms with van der Waals surface area (Å²) in [6.45, 7) is 7.82. The molecule has 0 aliphatic rings. The number of aliphatic carboxylic acids is 1. The van der Waals surface area contributed by atoms with Crippen molar-refractivity contribution in [2.45, 2.75) is 59.0 Å². The summed E-state index contributed by atoms with van der Waals surface area (Å²) in [5.41, 5.74) is 5.74. The van der Waals surface area contributed by atoms with Gasteiger partial charge in [-0.05, 0) is 18.3 Å². The summed E-state index contributed by atoms with van der Waals surface area (Å²) in [6, 6.07) is -0.923. The summed E-state index contributed by atoms with van der Waals surface area (Å²) in [7, 11) is 0. The Morgan fingerprint density at radius 1 is 1.28 bits per heavy atom. The Labute approximate surface area is 109 Å². The largest absolute Gasteiger partial charge is 0.481 e. The summed E-state index contributed by atoms with van der Waals surface area (Å²) >= 11 is 0. The van der Waals surface area contributed by atoms with E-state index < -0.39 is 12.0 Å². The van der Waals surface area contributed by atoms with E-state index in [9.17, 15) is 9.59 Å². The van der Waals surface area contributed by atoms with Gasteiger partial charge < -0.3 is 16.2 Å². The molecule has 106 valence electrons. The van der Waals surface area contributed by atoms with Gasteiger partial charge in [0.2, 0.25) is 5.91 Å². The van der Waals surface area contributed by atoms with Crippen LogP contribution < -0.4 is 11.1 Å². The van der Waals surface area contributed by atoms with Crippen molar-refractivity contribution in [3.05, 3.63) is 0 Å². The molecule has 0 saturated carbocycles. The van der Waals surface area contributed by atoms with Crippen molar-refractivity contribution in [1.82, 2.24) is 5.32 Å². The molecule has 5 nitrogen and oxygen atoms in total. The van der Waals surface area contributed by atoms with Gasteiger partial charge in [-0.1, -0.05) is 34.1 Å². The Balaban J connectivity index is 4.48. The minimum Gasteiger partial charge on any atom is -0.481 e. The van der Waals surface area contributed by atoms with E-state index in [2.05, 4.69) is 5.32 Å². The number of hydrogen-bond donors (Lipinski definition) is 3. The van der Waals surface area contributed by atoms with Gasteiger partial charge in [0.25, 0.3) is 0 Å². The molecule has 5 heteroatoms. The summed E-state index contributed by atoms with van der Waals surface area (Å²) in [5.74, 6) is -0.745. The predicted octanol–water partition coefficient (Wildman–Crippen LogP) is 1.37. The maximum atomic E-state index is 11.8. The molecule has 18 heavy (non-hydrogen) atoms. The van der Waals surface area contributed by atoms with Crippen molar-refractivity contribution < 1.29 is 14.7 Å². The first-order valence-corrected chi connectivity index (χ1v) is 6.55. The highest BCUT2D eigenvalue weighted by molar-refractivity contribution is 5.82. The molecule has 1 amide bonds. The molecule has 0 heterocycles. The van der Waals surface area contributed by atoms with Gasteiger partial charge in [-0.2, -0.15) is 0 Å². The quantitative estimate of drug-likeness (QED) is 0.613. The number of carbonyl (C=O) groups excluding carboxylic acids is 1. The van der Waals surface area contributed by atoms with Crippen LogP contribution in [0.25, 0.3) is 0 Å². The van der Waals surface area contributed by atoms with Crippen LogP contribution in [0.5, 0.6) is 0 Å². The maximum absolute atomic E-state index is 11.8. The first kappa shape index (κ1) is 16.9. The van der Waals surface area contributed by atoms with E-state index in [1.165, 1.54) is 0 Å². The highest BCUT2D eigenvalue weighted by Crippen LogP contribution is 2.13. The van der Waals surface area contributed by atoms with E-state index in [4.69, 9.17) is 10.8 Å². The summed E-state index contributed by atoms with van der Waals surface area (Å²) in [5, 5.41) is 11.6. The molecule has 0 bridgehead atoms. The van der Waals surface area contributed by atoms with E-state index in [0.717, 1.165) is 6.42 Å². The summed E-state index contributed by atoms with van der Waals surface area (Å²) in [6.07, 6.45) is 1.57. The third-order valence-electron chi connectivity index (χ3n) is 3.17. The van der Waals surface area contributed by atoms with Crippen LogP contribution in [0.4, 0.5) is 0 Å². The second kappa shape index (κ2) is 8.08. The van der Waals surface area contributed by atoms with Crippen LogP contribution in [0.15, 0.2) is 0 Å². The molecule has 0 fully saturated rings. The third kappa shape index (κ3) is 6.59. The molecular weight excluding hydrogens is 232 g/mol. The average molecular weight is 258 g/mol. The molecule has 0 aliphatic heterocycles. The second-order valence-corrected chi connectivity index (χ2v) is 5.32. The minimum atomic E-state index is -0.901. The molecule has 0 aromatic heterocycles. The summed E-state index contributed by atoms with van der Waals surface area (Å²) < 4.78 is 0. The fourth-order valence-corrected chi connectivity index (χ4v) is 1.66. The number of nitrogens with two attached hydrogens (primary N) is 1. The number of carboxylic acid groups (broad SMARTS) is 1. The zero-order valence-corrected chi connectivity index (χ0v) is 11.8. The van der Waals surface area contributed by atoms with Crippen molar-refractivity contribution in [1.29, 1.82) is 0 Å². The number of amides is 1. The Morgan fingerprint density at radius 2 is 1.83 bits per heavy atom. The molecule has 4 N–H and O–H groups in total. The lowest BCUT2D eigenvalue weighted by Gasteiger charge is -2.23. The number of nitrogens with one attached hydrogen (secondary N) is 1. The Bertz CT molecular complexity index is 279. The van der Waals surface area contributed by atoms with Crippen LogP contribution in [0.1, 0.15) is 47.0 Å². The SMILES string of the molecule is CC[C@@H](C)C[C@@H](CC(=O)O)NC(=O)[C@@H](N)C(C)C. The maximum Gasteiger partial charge on any atom is 0.305 e. The lowest BCUT2D eigenvalue weighted by Crippen LogP contribution is -2.48. The molecule has 0 aromatic rings. The normalized spacial score (nSPS) is 16.1. The van der Waals surface area contributed by atoms with Gasteiger partial charge in [-0.25, -0.2) is 0 Å². The highest BCUT2D eigenvalue weighted by atomic mass is 16.4. The Hall–Kier alpha value is -1.10. The summed E-state index contributed by atoms with van der Waals surface area (Å²) in [4.78, 5) is 22.6. The van der Waals surface area contributed by atoms with Crippen LogP contribution >= 0.6 is 0 Å². The Morgan fingerprint density at radius 3 is 2.22 bits per heavy atom. The third-order valence-corrected chi connectivity index (χ3v) is 3.17. The molecule has 0 radical (unpaired) electrons. The lowest BCUT2D eigenvalue weighted by molar-refractivity contribution is -0.137. The van der Waals surface area contributed by atoms with Crippen LogP contribution in [-0.2, 0) is 9.59 Å². The number of rotatable bonds is 8. The molecule has 0 rings (SSSR count). The van der Waals surface area contributed by atoms with Crippen LogP contribution in [0.3, 0.4) is 0 Å². The van der Waals surface area contributed by atoms with Crippen molar-refractivity contribution in [3.63, 3.8) is 0 Å². The topological polar surface area (TPSA) is 92.4 Å². The molecule has 3 atom stereocenters. The van der Waals surface area contributed by atoms with Crippen molar-refractivity contribution in [2.75, 3.05) is 0 Å². The highest BCUT2D eigenvalue weighted by Gasteiger charge is 2.23. The van der Waals surface area contributed by atoms with E-state index in [0.29, 0.717) is 12.3 Å². The zero-order valence-electron chi connectivity index (χ0n) is 11.8. The minimum absolute atomic E-state index is 0.0408. The van der Waals surface area contributed by atoms with E-state index in [-0.39, 0.29) is 24.3 Å². The monoisotopic (exact) mass is 258 g/mol. The molecule has 0 aliphatic carbocycles. The molecule has 0 spiro atoms. The second-order valence-electron chi connectivity index (χ2n) is 5.32. The zero-order chi connectivity index (χ0) is 14.3. The van der Waals surface area contributed by atoms with Gasteiger partial charge in [0.15, 0.2) is 0 Å². The molecule has 0 saturated heterocycles. The van der Waals surface area contributed by atoms with Gasteiger partial charge in [-0.15, -0.1) is 0 Å². The lowest BCUT2D eigenvalue weighted by atomic mass is 9.96. The van der Waals surface area contributed by atoms with Crippen LogP contribution in [0, 0.1) is 11.8 Å². The van der Waals surface area contributed by atoms with Gasteiger partial charge in [-0.3, -0.25) is 9.59 Å². The number of carbonyl (C=O) groups is 2. The van der Waals surface area contributed by atoms with Crippen molar-refractivity contribution in [2.24, 2.45) is 17.6 Å². The van der Waals surface area contributed by atoms with E-state index in [1.807, 2.05) is 27.7 Å². The fourth-order valence-electron chi connectivity index (χ4n) is 1.66. The van der Waals surface area contributed by atoms with Gasteiger partial charge >= 0.3 is 5.97 Å². The smallest absolute Gasteiger partial charge is 0.305 e. The standard InChI is InChI=1S/C13H26N2O3/c1-5-9(4)6-10(7-11(16)17)15-13(18)12(14)8(2)3/h8-10,12H,5-7,14H2,1-4H3,(H,15,18)(H,16,17)/t9-,10+,12+/m1/s1. The van der Waals surface area contributed by atoms with Crippen LogP contribution in [0.2, 0.25) is 0 Å². The molecule has 0 aromatic carbocycles. The average Bonchev–Trinajstić information content (AvgIpc) is 2.26. The van der Waals surface area contributed by atoms with E-state index >= 15 is 0 Å². The number of carboxylic acids is 1. The number of hydrogen-bond acceptors (Lipinski definition) is 3. The fraction of sp³-hybridized carbons (Fsp3) is 0.846. The molecule has 0 unspecified atom stereocenters. The first-order valence-electron chi connectivity index (χ1n) is 6.55. The molecular formula is C13H26N2O3.